The SMILES string of the molecule is CC(C)(C)OC(=O)N[C@@H]1CCC(=O)[C@H](Br)C1. The number of nitrogens with one attached hydrogen (secondary N) is 1. The Balaban J connectivity index is 2.38. The highest BCUT2D eigenvalue weighted by molar-refractivity contribution is 9.10. The molecule has 0 aromatic rings. The fourth-order valence-corrected chi connectivity index (χ4v) is 2.26. The zero-order valence-corrected chi connectivity index (χ0v) is 11.5. The Bertz CT molecular complexity index is 285. The van der Waals surface area contributed by atoms with Crippen LogP contribution in [-0.4, -0.2) is 28.3 Å². The molecule has 1 amide bonds. The van der Waals surface area contributed by atoms with Crippen LogP contribution in [0.1, 0.15) is 40.0 Å². The zero-order chi connectivity index (χ0) is 12.3. The molecule has 0 spiro atoms. The number of alkyl halides is 1. The fraction of sp³-hybridized carbons (Fsp3) is 0.818. The topological polar surface area (TPSA) is 55.4 Å². The van der Waals surface area contributed by atoms with Crippen LogP contribution in [0.5, 0.6) is 0 Å². The Hall–Kier alpha value is -0.580. The lowest BCUT2D eigenvalue weighted by Gasteiger charge is -2.27. The van der Waals surface area contributed by atoms with Gasteiger partial charge in [0.15, 0.2) is 0 Å². The predicted octanol–water partition coefficient (Wildman–Crippen LogP) is 2.40. The number of ether oxygens (including phenoxy) is 1. The van der Waals surface area contributed by atoms with Crippen molar-refractivity contribution in [3.63, 3.8) is 0 Å². The molecule has 0 unspecified atom stereocenters. The Kier molecular flexibility index (Phi) is 4.35. The molecule has 1 aliphatic rings. The van der Waals surface area contributed by atoms with Crippen molar-refractivity contribution in [1.82, 2.24) is 5.32 Å². The van der Waals surface area contributed by atoms with Crippen molar-refractivity contribution in [2.24, 2.45) is 0 Å². The lowest BCUT2D eigenvalue weighted by atomic mass is 9.94. The molecule has 16 heavy (non-hydrogen) atoms. The standard InChI is InChI=1S/C11H18BrNO3/c1-11(2,3)16-10(15)13-7-4-5-9(14)8(12)6-7/h7-8H,4-6H2,1-3H3,(H,13,15)/t7-,8-/m1/s1. The summed E-state index contributed by atoms with van der Waals surface area (Å²) in [5, 5.41) is 2.78. The Labute approximate surface area is 104 Å². The number of alkyl carbamates (subject to hydrolysis) is 1. The van der Waals surface area contributed by atoms with E-state index in [2.05, 4.69) is 21.2 Å². The van der Waals surface area contributed by atoms with Gasteiger partial charge in [-0.2, -0.15) is 0 Å². The van der Waals surface area contributed by atoms with Crippen LogP contribution in [0.15, 0.2) is 0 Å². The maximum atomic E-state index is 11.5. The second-order valence-electron chi connectivity index (χ2n) is 5.05. The molecular formula is C11H18BrNO3. The molecule has 0 aliphatic heterocycles. The molecule has 0 bridgehead atoms. The highest BCUT2D eigenvalue weighted by Crippen LogP contribution is 2.21. The summed E-state index contributed by atoms with van der Waals surface area (Å²) in [5.41, 5.74) is -0.484. The first kappa shape index (κ1) is 13.5. The van der Waals surface area contributed by atoms with Crippen molar-refractivity contribution in [3.05, 3.63) is 0 Å². The molecule has 5 heteroatoms. The number of carbonyl (C=O) groups is 2. The molecule has 0 aromatic carbocycles. The fourth-order valence-electron chi connectivity index (χ4n) is 1.58. The van der Waals surface area contributed by atoms with Crippen LogP contribution in [0, 0.1) is 0 Å². The molecule has 0 aromatic heterocycles. The Morgan fingerprint density at radius 2 is 2.12 bits per heavy atom. The number of ketones is 1. The summed E-state index contributed by atoms with van der Waals surface area (Å²) in [6, 6.07) is 0.0249. The number of Topliss-reactive ketones (excluding diaryl/α,β-unsaturated/α-hetero) is 1. The average molecular weight is 292 g/mol. The Morgan fingerprint density at radius 1 is 1.50 bits per heavy atom. The van der Waals surface area contributed by atoms with Gasteiger partial charge in [-0.1, -0.05) is 15.9 Å². The van der Waals surface area contributed by atoms with E-state index in [9.17, 15) is 9.59 Å². The third-order valence-electron chi connectivity index (χ3n) is 2.30. The van der Waals surface area contributed by atoms with Crippen molar-refractivity contribution in [2.75, 3.05) is 0 Å². The molecule has 1 aliphatic carbocycles. The summed E-state index contributed by atoms with van der Waals surface area (Å²) < 4.78 is 5.15. The van der Waals surface area contributed by atoms with Gasteiger partial charge >= 0.3 is 6.09 Å². The lowest BCUT2D eigenvalue weighted by molar-refractivity contribution is -0.119. The molecular weight excluding hydrogens is 274 g/mol. The number of hydrogen-bond acceptors (Lipinski definition) is 3. The third kappa shape index (κ3) is 4.51. The summed E-state index contributed by atoms with van der Waals surface area (Å²) in [6.45, 7) is 5.47. The van der Waals surface area contributed by atoms with Gasteiger partial charge in [-0.15, -0.1) is 0 Å². The molecule has 92 valence electrons. The van der Waals surface area contributed by atoms with Crippen LogP contribution in [0.3, 0.4) is 0 Å². The third-order valence-corrected chi connectivity index (χ3v) is 3.19. The first-order valence-electron chi connectivity index (χ1n) is 5.44. The van der Waals surface area contributed by atoms with Gasteiger partial charge in [-0.25, -0.2) is 4.79 Å². The highest BCUT2D eigenvalue weighted by Gasteiger charge is 2.28. The van der Waals surface area contributed by atoms with E-state index in [-0.39, 0.29) is 16.7 Å². The van der Waals surface area contributed by atoms with Gasteiger partial charge in [0.2, 0.25) is 0 Å². The quantitative estimate of drug-likeness (QED) is 0.755. The second kappa shape index (κ2) is 5.17. The predicted molar refractivity (Wildman–Crippen MR) is 64.7 cm³/mol. The first-order valence-corrected chi connectivity index (χ1v) is 6.36. The van der Waals surface area contributed by atoms with Crippen LogP contribution in [0.2, 0.25) is 0 Å². The van der Waals surface area contributed by atoms with E-state index in [0.717, 1.165) is 0 Å². The molecule has 1 saturated carbocycles. The minimum atomic E-state index is -0.484. The van der Waals surface area contributed by atoms with Crippen molar-refractivity contribution >= 4 is 27.8 Å². The molecule has 2 atom stereocenters. The van der Waals surface area contributed by atoms with Gasteiger partial charge in [0, 0.05) is 12.5 Å². The van der Waals surface area contributed by atoms with Crippen molar-refractivity contribution in [3.8, 4) is 0 Å². The van der Waals surface area contributed by atoms with Crippen LogP contribution in [0.4, 0.5) is 4.79 Å². The van der Waals surface area contributed by atoms with E-state index in [1.807, 2.05) is 20.8 Å². The van der Waals surface area contributed by atoms with E-state index in [0.29, 0.717) is 19.3 Å². The summed E-state index contributed by atoms with van der Waals surface area (Å²) >= 11 is 3.30. The van der Waals surface area contributed by atoms with Gasteiger partial charge in [0.25, 0.3) is 0 Å². The number of amides is 1. The number of halogens is 1. The molecule has 1 N–H and O–H groups in total. The van der Waals surface area contributed by atoms with Crippen LogP contribution in [-0.2, 0) is 9.53 Å². The first-order chi connectivity index (χ1) is 7.28. The van der Waals surface area contributed by atoms with Gasteiger partial charge < -0.3 is 10.1 Å². The zero-order valence-electron chi connectivity index (χ0n) is 9.88. The maximum absolute atomic E-state index is 11.5. The average Bonchev–Trinajstić information content (AvgIpc) is 2.08. The van der Waals surface area contributed by atoms with Crippen LogP contribution in [0.25, 0.3) is 0 Å². The van der Waals surface area contributed by atoms with Crippen LogP contribution >= 0.6 is 15.9 Å². The van der Waals surface area contributed by atoms with Gasteiger partial charge in [0.05, 0.1) is 4.83 Å². The lowest BCUT2D eigenvalue weighted by Crippen LogP contribution is -2.43. The van der Waals surface area contributed by atoms with E-state index in [4.69, 9.17) is 4.74 Å². The minimum Gasteiger partial charge on any atom is -0.444 e. The van der Waals surface area contributed by atoms with Gasteiger partial charge in [-0.05, 0) is 33.6 Å². The van der Waals surface area contributed by atoms with E-state index < -0.39 is 11.7 Å². The molecule has 0 heterocycles. The number of hydrogen-bond donors (Lipinski definition) is 1. The van der Waals surface area contributed by atoms with Crippen molar-refractivity contribution in [2.45, 2.75) is 56.5 Å². The summed E-state index contributed by atoms with van der Waals surface area (Å²) in [6.07, 6.45) is 1.43. The van der Waals surface area contributed by atoms with Crippen molar-refractivity contribution < 1.29 is 14.3 Å². The largest absolute Gasteiger partial charge is 0.444 e. The molecule has 0 saturated heterocycles. The van der Waals surface area contributed by atoms with E-state index in [1.165, 1.54) is 0 Å². The number of rotatable bonds is 1. The normalized spacial score (nSPS) is 26.4. The molecule has 4 nitrogen and oxygen atoms in total. The molecule has 1 rings (SSSR count). The smallest absolute Gasteiger partial charge is 0.407 e. The Morgan fingerprint density at radius 3 is 2.62 bits per heavy atom. The highest BCUT2D eigenvalue weighted by atomic mass is 79.9. The van der Waals surface area contributed by atoms with Gasteiger partial charge in [0.1, 0.15) is 11.4 Å². The molecule has 0 radical (unpaired) electrons. The summed E-state index contributed by atoms with van der Waals surface area (Å²) in [5.74, 6) is 0.210. The van der Waals surface area contributed by atoms with Gasteiger partial charge in [-0.3, -0.25) is 4.79 Å². The van der Waals surface area contributed by atoms with Crippen LogP contribution < -0.4 is 5.32 Å². The summed E-state index contributed by atoms with van der Waals surface area (Å²) in [7, 11) is 0. The number of carbonyl (C=O) groups excluding carboxylic acids is 2. The minimum absolute atomic E-state index is 0.0249. The monoisotopic (exact) mass is 291 g/mol. The maximum Gasteiger partial charge on any atom is 0.407 e. The summed E-state index contributed by atoms with van der Waals surface area (Å²) in [4.78, 5) is 22.6. The van der Waals surface area contributed by atoms with Crippen molar-refractivity contribution in [1.29, 1.82) is 0 Å². The second-order valence-corrected chi connectivity index (χ2v) is 6.16. The van der Waals surface area contributed by atoms with E-state index in [1.54, 1.807) is 0 Å². The van der Waals surface area contributed by atoms with E-state index >= 15 is 0 Å². The molecule has 1 fully saturated rings.